The summed E-state index contributed by atoms with van der Waals surface area (Å²) in [6.07, 6.45) is 2.94. The third-order valence-corrected chi connectivity index (χ3v) is 4.76. The van der Waals surface area contributed by atoms with Crippen molar-refractivity contribution >= 4 is 37.6 Å². The standard InChI is InChI=1S/C19H21F3N5O6P/c20-14-7-11(8-15(21)17(14)22)1-2-16(28)25-19-13(4-6-32-10-33-34(29,30)31)18(26-27-19)12(9-24)3-5-23/h3,5,7-9,23-24H,1-2,4,6,10H2,(H2,29,30,31)(H2,25,26,27,28)/b12-3+,23-5?,24-9?. The van der Waals surface area contributed by atoms with Gasteiger partial charge in [0.05, 0.1) is 12.3 Å². The molecule has 1 heterocycles. The van der Waals surface area contributed by atoms with Gasteiger partial charge >= 0.3 is 7.82 Å². The summed E-state index contributed by atoms with van der Waals surface area (Å²) >= 11 is 0. The smallest absolute Gasteiger partial charge is 0.354 e. The number of hydrogen-bond acceptors (Lipinski definition) is 7. The third-order valence-electron chi connectivity index (χ3n) is 4.32. The van der Waals surface area contributed by atoms with E-state index in [-0.39, 0.29) is 48.5 Å². The predicted molar refractivity (Wildman–Crippen MR) is 115 cm³/mol. The zero-order valence-corrected chi connectivity index (χ0v) is 18.4. The average molecular weight is 503 g/mol. The van der Waals surface area contributed by atoms with E-state index in [1.54, 1.807) is 0 Å². The van der Waals surface area contributed by atoms with Gasteiger partial charge in [-0.3, -0.25) is 14.4 Å². The number of anilines is 1. The lowest BCUT2D eigenvalue weighted by Gasteiger charge is -2.09. The molecule has 0 spiro atoms. The fourth-order valence-electron chi connectivity index (χ4n) is 2.79. The topological polar surface area (TPSA) is 181 Å². The van der Waals surface area contributed by atoms with Gasteiger partial charge in [0.2, 0.25) is 5.91 Å². The Morgan fingerprint density at radius 2 is 1.88 bits per heavy atom. The van der Waals surface area contributed by atoms with Crippen molar-refractivity contribution in [2.45, 2.75) is 19.3 Å². The van der Waals surface area contributed by atoms with Crippen LogP contribution in [0.15, 0.2) is 18.2 Å². The second-order valence-electron chi connectivity index (χ2n) is 6.68. The lowest BCUT2D eigenvalue weighted by atomic mass is 10.1. The minimum atomic E-state index is -4.71. The molecule has 0 bridgehead atoms. The normalized spacial score (nSPS) is 12.0. The van der Waals surface area contributed by atoms with Gasteiger partial charge in [-0.2, -0.15) is 5.10 Å². The quantitative estimate of drug-likeness (QED) is 0.0799. The maximum atomic E-state index is 13.3. The van der Waals surface area contributed by atoms with Crippen molar-refractivity contribution < 1.29 is 41.6 Å². The van der Waals surface area contributed by atoms with Gasteiger partial charge in [0.15, 0.2) is 30.1 Å². The molecule has 0 aliphatic rings. The molecule has 0 fully saturated rings. The number of amides is 1. The van der Waals surface area contributed by atoms with Crippen molar-refractivity contribution in [2.75, 3.05) is 18.7 Å². The van der Waals surface area contributed by atoms with E-state index in [2.05, 4.69) is 20.0 Å². The fourth-order valence-corrected chi connectivity index (χ4v) is 3.00. The van der Waals surface area contributed by atoms with E-state index in [0.717, 1.165) is 24.6 Å². The summed E-state index contributed by atoms with van der Waals surface area (Å²) in [6, 6.07) is 1.58. The highest BCUT2D eigenvalue weighted by atomic mass is 31.2. The van der Waals surface area contributed by atoms with Crippen LogP contribution in [0.1, 0.15) is 23.2 Å². The summed E-state index contributed by atoms with van der Waals surface area (Å²) in [5, 5.41) is 23.9. The van der Waals surface area contributed by atoms with Gasteiger partial charge in [-0.05, 0) is 30.2 Å². The SMILES string of the molecule is N=C/C=C(\C=N)c1[nH]nc(NC(=O)CCc2cc(F)c(F)c(F)c2)c1CCOCOP(=O)(O)O. The van der Waals surface area contributed by atoms with Crippen molar-refractivity contribution in [3.63, 3.8) is 0 Å². The minimum absolute atomic E-state index is 0.0497. The summed E-state index contributed by atoms with van der Waals surface area (Å²) in [5.41, 5.74) is 0.977. The first-order valence-electron chi connectivity index (χ1n) is 9.55. The number of aromatic amines is 1. The molecule has 0 saturated carbocycles. The first-order chi connectivity index (χ1) is 16.1. The number of hydrogen-bond donors (Lipinski definition) is 6. The van der Waals surface area contributed by atoms with Crippen molar-refractivity contribution in [2.24, 2.45) is 0 Å². The molecule has 0 atom stereocenters. The molecule has 1 amide bonds. The second-order valence-corrected chi connectivity index (χ2v) is 7.92. The number of aromatic nitrogens is 2. The molecule has 0 aliphatic heterocycles. The highest BCUT2D eigenvalue weighted by molar-refractivity contribution is 7.46. The van der Waals surface area contributed by atoms with E-state index < -0.39 is 38.0 Å². The van der Waals surface area contributed by atoms with Gasteiger partial charge in [-0.25, -0.2) is 17.7 Å². The van der Waals surface area contributed by atoms with Crippen LogP contribution in [0.3, 0.4) is 0 Å². The lowest BCUT2D eigenvalue weighted by molar-refractivity contribution is -0.116. The molecule has 2 rings (SSSR count). The van der Waals surface area contributed by atoms with E-state index in [0.29, 0.717) is 5.56 Å². The summed E-state index contributed by atoms with van der Waals surface area (Å²) in [5.74, 6) is -4.87. The van der Waals surface area contributed by atoms with Crippen molar-refractivity contribution in [1.29, 1.82) is 10.8 Å². The molecule has 15 heteroatoms. The first-order valence-corrected chi connectivity index (χ1v) is 11.1. The number of carbonyl (C=O) groups excluding carboxylic acids is 1. The van der Waals surface area contributed by atoms with Gasteiger partial charge in [0, 0.05) is 36.4 Å². The molecule has 0 radical (unpaired) electrons. The van der Waals surface area contributed by atoms with Gasteiger partial charge in [-0.15, -0.1) is 0 Å². The summed E-state index contributed by atoms with van der Waals surface area (Å²) in [4.78, 5) is 29.7. The molecule has 0 saturated heterocycles. The number of aryl methyl sites for hydroxylation is 1. The molecule has 0 unspecified atom stereocenters. The Morgan fingerprint density at radius 3 is 2.47 bits per heavy atom. The number of nitrogens with zero attached hydrogens (tertiary/aromatic N) is 1. The molecule has 184 valence electrons. The number of rotatable bonds is 13. The van der Waals surface area contributed by atoms with Crippen LogP contribution in [0.25, 0.3) is 5.57 Å². The van der Waals surface area contributed by atoms with Crippen molar-refractivity contribution in [1.82, 2.24) is 10.2 Å². The van der Waals surface area contributed by atoms with E-state index in [1.165, 1.54) is 6.08 Å². The molecular weight excluding hydrogens is 482 g/mol. The summed E-state index contributed by atoms with van der Waals surface area (Å²) in [7, 11) is -4.71. The van der Waals surface area contributed by atoms with Crippen LogP contribution in [-0.2, 0) is 31.5 Å². The van der Waals surface area contributed by atoms with Gasteiger partial charge < -0.3 is 30.7 Å². The number of allylic oxidation sites excluding steroid dienone is 2. The first kappa shape index (κ1) is 27.1. The van der Waals surface area contributed by atoms with Gasteiger partial charge in [0.1, 0.15) is 0 Å². The number of carbonyl (C=O) groups is 1. The zero-order valence-electron chi connectivity index (χ0n) is 17.5. The Balaban J connectivity index is 2.11. The van der Waals surface area contributed by atoms with Crippen molar-refractivity contribution in [3.8, 4) is 0 Å². The number of phosphoric acid groups is 1. The highest BCUT2D eigenvalue weighted by Gasteiger charge is 2.19. The number of benzene rings is 1. The Bertz CT molecular complexity index is 1110. The average Bonchev–Trinajstić information content (AvgIpc) is 3.15. The summed E-state index contributed by atoms with van der Waals surface area (Å²) in [6.45, 7) is -0.808. The Kier molecular flexibility index (Phi) is 9.83. The van der Waals surface area contributed by atoms with Crippen molar-refractivity contribution in [3.05, 3.63) is 52.5 Å². The number of phosphoric ester groups is 1. The van der Waals surface area contributed by atoms with Gasteiger partial charge in [0.25, 0.3) is 0 Å². The largest absolute Gasteiger partial charge is 0.471 e. The number of halogens is 3. The molecule has 2 aromatic rings. The van der Waals surface area contributed by atoms with Crippen LogP contribution < -0.4 is 5.32 Å². The monoisotopic (exact) mass is 503 g/mol. The number of nitrogens with one attached hydrogen (secondary N) is 4. The van der Waals surface area contributed by atoms with Crippen LogP contribution in [0.4, 0.5) is 19.0 Å². The molecule has 0 aliphatic carbocycles. The summed E-state index contributed by atoms with van der Waals surface area (Å²) < 4.78 is 59.6. The van der Waals surface area contributed by atoms with Crippen LogP contribution in [-0.4, -0.2) is 51.7 Å². The Hall–Kier alpha value is -3.16. The molecular formula is C19H21F3N5O6P. The molecule has 6 N–H and O–H groups in total. The van der Waals surface area contributed by atoms with Crippen LogP contribution in [0, 0.1) is 28.3 Å². The van der Waals surface area contributed by atoms with Crippen LogP contribution in [0.5, 0.6) is 0 Å². The van der Waals surface area contributed by atoms with E-state index in [4.69, 9.17) is 25.3 Å². The molecule has 11 nitrogen and oxygen atoms in total. The van der Waals surface area contributed by atoms with Crippen LogP contribution in [0.2, 0.25) is 0 Å². The predicted octanol–water partition coefficient (Wildman–Crippen LogP) is 2.71. The maximum absolute atomic E-state index is 13.3. The Morgan fingerprint density at radius 1 is 1.21 bits per heavy atom. The lowest BCUT2D eigenvalue weighted by Crippen LogP contribution is -2.15. The van der Waals surface area contributed by atoms with E-state index in [1.807, 2.05) is 0 Å². The Labute approximate surface area is 191 Å². The third kappa shape index (κ3) is 8.01. The molecule has 34 heavy (non-hydrogen) atoms. The molecule has 1 aromatic heterocycles. The van der Waals surface area contributed by atoms with E-state index >= 15 is 0 Å². The van der Waals surface area contributed by atoms with Crippen LogP contribution >= 0.6 is 7.82 Å². The number of ether oxygens (including phenoxy) is 1. The number of H-pyrrole nitrogens is 1. The minimum Gasteiger partial charge on any atom is -0.354 e. The van der Waals surface area contributed by atoms with E-state index in [9.17, 15) is 22.5 Å². The zero-order chi connectivity index (χ0) is 25.3. The maximum Gasteiger partial charge on any atom is 0.471 e. The second kappa shape index (κ2) is 12.3. The highest BCUT2D eigenvalue weighted by Crippen LogP contribution is 2.35. The molecule has 1 aromatic carbocycles. The fraction of sp³-hybridized carbons (Fsp3) is 0.263. The van der Waals surface area contributed by atoms with Gasteiger partial charge in [-0.1, -0.05) is 0 Å².